The minimum Gasteiger partial charge on any atom is -0.379 e. The third-order valence-corrected chi connectivity index (χ3v) is 5.51. The summed E-state index contributed by atoms with van der Waals surface area (Å²) >= 11 is 0. The molecule has 1 nitrogen and oxygen atoms in total. The predicted octanol–water partition coefficient (Wildman–Crippen LogP) is 2.23. The summed E-state index contributed by atoms with van der Waals surface area (Å²) < 4.78 is 5.90. The zero-order chi connectivity index (χ0) is 12.3. The Morgan fingerprint density at radius 3 is 2.29 bits per heavy atom. The first-order chi connectivity index (χ1) is 8.24. The molecule has 2 fully saturated rings. The lowest BCUT2D eigenvalue weighted by molar-refractivity contribution is 0.0166. The van der Waals surface area contributed by atoms with E-state index in [4.69, 9.17) is 4.74 Å². The van der Waals surface area contributed by atoms with E-state index in [9.17, 15) is 0 Å². The minimum absolute atomic E-state index is 0.537. The minimum atomic E-state index is 0.537. The third kappa shape index (κ3) is 3.10. The van der Waals surface area contributed by atoms with Gasteiger partial charge in [-0.1, -0.05) is 37.9 Å². The molecule has 4 atom stereocenters. The van der Waals surface area contributed by atoms with Crippen LogP contribution in [0.2, 0.25) is 11.6 Å². The molecular formula is C14H28B2O. The highest BCUT2D eigenvalue weighted by atomic mass is 16.5. The summed E-state index contributed by atoms with van der Waals surface area (Å²) in [6.07, 6.45) is 10.7. The Labute approximate surface area is 109 Å². The number of rotatable bonds is 3. The molecule has 4 unspecified atom stereocenters. The molecule has 0 spiro atoms. The second-order valence-electron chi connectivity index (χ2n) is 6.35. The fraction of sp³-hybridized carbons (Fsp3) is 1.00. The van der Waals surface area contributed by atoms with Crippen LogP contribution in [0, 0.1) is 11.8 Å². The van der Waals surface area contributed by atoms with Crippen LogP contribution in [-0.4, -0.2) is 28.4 Å². The van der Waals surface area contributed by atoms with E-state index in [0.717, 1.165) is 30.1 Å². The lowest BCUT2D eigenvalue weighted by atomic mass is 9.51. The van der Waals surface area contributed by atoms with E-state index in [1.165, 1.54) is 44.9 Å². The van der Waals surface area contributed by atoms with Crippen LogP contribution in [0.5, 0.6) is 0 Å². The van der Waals surface area contributed by atoms with Crippen molar-refractivity contribution in [2.75, 3.05) is 6.61 Å². The van der Waals surface area contributed by atoms with Gasteiger partial charge in [-0.3, -0.25) is 0 Å². The Morgan fingerprint density at radius 2 is 1.65 bits per heavy atom. The molecule has 3 heteroatoms. The standard InChI is InChI=1S/C14H28B2O/c1-2-17-12-9-8-11(13(15)14(12)16)10-6-4-3-5-7-10/h10-14H,2-9,15-16H2,1H3. The topological polar surface area (TPSA) is 9.23 Å². The number of ether oxygens (including phenoxy) is 1. The van der Waals surface area contributed by atoms with Crippen LogP contribution in [0.15, 0.2) is 0 Å². The van der Waals surface area contributed by atoms with Crippen molar-refractivity contribution in [3.63, 3.8) is 0 Å². The van der Waals surface area contributed by atoms with Crippen molar-refractivity contribution < 1.29 is 4.74 Å². The highest BCUT2D eigenvalue weighted by Gasteiger charge is 2.37. The van der Waals surface area contributed by atoms with Crippen LogP contribution in [0.1, 0.15) is 51.9 Å². The smallest absolute Gasteiger partial charge is 0.108 e. The summed E-state index contributed by atoms with van der Waals surface area (Å²) in [5.41, 5.74) is 0. The van der Waals surface area contributed by atoms with Gasteiger partial charge in [0.15, 0.2) is 0 Å². The van der Waals surface area contributed by atoms with Gasteiger partial charge in [0, 0.05) is 6.61 Å². The molecule has 0 aromatic rings. The van der Waals surface area contributed by atoms with Crippen LogP contribution in [-0.2, 0) is 4.74 Å². The van der Waals surface area contributed by atoms with Crippen molar-refractivity contribution in [2.45, 2.75) is 69.6 Å². The van der Waals surface area contributed by atoms with Crippen molar-refractivity contribution in [3.05, 3.63) is 0 Å². The summed E-state index contributed by atoms with van der Waals surface area (Å²) in [7, 11) is 4.90. The SMILES string of the molecule is BC1C(OCC)CCC(C2CCCCC2)C1B. The molecule has 2 rings (SSSR count). The maximum atomic E-state index is 5.90. The van der Waals surface area contributed by atoms with E-state index >= 15 is 0 Å². The largest absolute Gasteiger partial charge is 0.379 e. The van der Waals surface area contributed by atoms with Crippen LogP contribution < -0.4 is 0 Å². The second-order valence-corrected chi connectivity index (χ2v) is 6.35. The monoisotopic (exact) mass is 234 g/mol. The molecule has 0 saturated heterocycles. The summed E-state index contributed by atoms with van der Waals surface area (Å²) in [4.78, 5) is 0. The van der Waals surface area contributed by atoms with Gasteiger partial charge >= 0.3 is 0 Å². The molecule has 0 aromatic carbocycles. The molecular weight excluding hydrogens is 206 g/mol. The van der Waals surface area contributed by atoms with Gasteiger partial charge in [0.05, 0.1) is 6.10 Å². The van der Waals surface area contributed by atoms with Crippen molar-refractivity contribution in [3.8, 4) is 0 Å². The molecule has 2 saturated carbocycles. The summed E-state index contributed by atoms with van der Waals surface area (Å²) in [6.45, 7) is 3.01. The van der Waals surface area contributed by atoms with E-state index in [1.54, 1.807) is 0 Å². The average molecular weight is 234 g/mol. The number of hydrogen-bond donors (Lipinski definition) is 0. The average Bonchev–Trinajstić information content (AvgIpc) is 2.36. The first kappa shape index (κ1) is 13.5. The Bertz CT molecular complexity index is 228. The molecule has 2 aliphatic rings. The second kappa shape index (κ2) is 6.31. The molecule has 0 bridgehead atoms. The van der Waals surface area contributed by atoms with Gasteiger partial charge in [-0.15, -0.1) is 0 Å². The van der Waals surface area contributed by atoms with Gasteiger partial charge in [0.25, 0.3) is 0 Å². The van der Waals surface area contributed by atoms with Gasteiger partial charge in [-0.2, -0.15) is 0 Å². The van der Waals surface area contributed by atoms with Crippen LogP contribution in [0.4, 0.5) is 0 Å². The summed E-state index contributed by atoms with van der Waals surface area (Å²) in [5.74, 6) is 3.64. The summed E-state index contributed by atoms with van der Waals surface area (Å²) in [5, 5.41) is 0. The van der Waals surface area contributed by atoms with Gasteiger partial charge < -0.3 is 4.74 Å². The zero-order valence-electron chi connectivity index (χ0n) is 12.0. The molecule has 0 aliphatic heterocycles. The van der Waals surface area contributed by atoms with Crippen molar-refractivity contribution in [2.24, 2.45) is 11.8 Å². The third-order valence-electron chi connectivity index (χ3n) is 5.51. The van der Waals surface area contributed by atoms with E-state index in [0.29, 0.717) is 6.10 Å². The lowest BCUT2D eigenvalue weighted by Crippen LogP contribution is -2.36. The van der Waals surface area contributed by atoms with E-state index < -0.39 is 0 Å². The van der Waals surface area contributed by atoms with Gasteiger partial charge in [0.2, 0.25) is 0 Å². The fourth-order valence-electron chi connectivity index (χ4n) is 4.29. The molecule has 0 aromatic heterocycles. The molecule has 0 heterocycles. The first-order valence-corrected chi connectivity index (χ1v) is 7.85. The number of hydrogen-bond acceptors (Lipinski definition) is 1. The zero-order valence-corrected chi connectivity index (χ0v) is 12.0. The quantitative estimate of drug-likeness (QED) is 0.680. The molecule has 96 valence electrons. The maximum Gasteiger partial charge on any atom is 0.108 e. The molecule has 2 aliphatic carbocycles. The Morgan fingerprint density at radius 1 is 0.941 bits per heavy atom. The Hall–Kier alpha value is 0.0899. The molecule has 0 amide bonds. The molecule has 0 N–H and O–H groups in total. The van der Waals surface area contributed by atoms with E-state index in [2.05, 4.69) is 22.6 Å². The Kier molecular flexibility index (Phi) is 5.02. The highest BCUT2D eigenvalue weighted by molar-refractivity contribution is 6.21. The van der Waals surface area contributed by atoms with Crippen LogP contribution in [0.3, 0.4) is 0 Å². The van der Waals surface area contributed by atoms with Crippen molar-refractivity contribution in [1.29, 1.82) is 0 Å². The normalized spacial score (nSPS) is 40.3. The lowest BCUT2D eigenvalue weighted by Gasteiger charge is -2.44. The van der Waals surface area contributed by atoms with Crippen molar-refractivity contribution in [1.82, 2.24) is 0 Å². The van der Waals surface area contributed by atoms with Gasteiger partial charge in [-0.05, 0) is 37.4 Å². The highest BCUT2D eigenvalue weighted by Crippen LogP contribution is 2.47. The van der Waals surface area contributed by atoms with Crippen LogP contribution in [0.25, 0.3) is 0 Å². The first-order valence-electron chi connectivity index (χ1n) is 7.85. The van der Waals surface area contributed by atoms with Gasteiger partial charge in [-0.25, -0.2) is 0 Å². The van der Waals surface area contributed by atoms with E-state index in [1.807, 2.05) is 0 Å². The van der Waals surface area contributed by atoms with Crippen molar-refractivity contribution >= 4 is 15.7 Å². The Balaban J connectivity index is 1.92. The van der Waals surface area contributed by atoms with Gasteiger partial charge in [0.1, 0.15) is 15.7 Å². The van der Waals surface area contributed by atoms with Crippen LogP contribution >= 0.6 is 0 Å². The summed E-state index contributed by atoms with van der Waals surface area (Å²) in [6, 6.07) is 0. The maximum absolute atomic E-state index is 5.90. The van der Waals surface area contributed by atoms with E-state index in [-0.39, 0.29) is 0 Å². The predicted molar refractivity (Wildman–Crippen MR) is 79.3 cm³/mol. The fourth-order valence-corrected chi connectivity index (χ4v) is 4.29. The molecule has 0 radical (unpaired) electrons. The molecule has 17 heavy (non-hydrogen) atoms.